The molecule has 0 aliphatic carbocycles. The molecule has 0 saturated carbocycles. The summed E-state index contributed by atoms with van der Waals surface area (Å²) in [4.78, 5) is 0. The van der Waals surface area contributed by atoms with Crippen LogP contribution in [-0.4, -0.2) is 0 Å². The average molecular weight is 132 g/mol. The van der Waals surface area contributed by atoms with Gasteiger partial charge in [0, 0.05) is 0 Å². The van der Waals surface area contributed by atoms with Gasteiger partial charge in [0.15, 0.2) is 0 Å². The highest BCUT2D eigenvalue weighted by Gasteiger charge is 1.89. The van der Waals surface area contributed by atoms with Gasteiger partial charge in [0.2, 0.25) is 0 Å². The molecule has 0 unspecified atom stereocenters. The molecular weight excluding hydrogens is 124 g/mol. The normalized spacial score (nSPS) is 9.40. The fourth-order valence-electron chi connectivity index (χ4n) is 0.401. The van der Waals surface area contributed by atoms with Gasteiger partial charge in [-0.25, -0.2) is 0 Å². The van der Waals surface area contributed by atoms with Crippen LogP contribution in [0.5, 0.6) is 0 Å². The molecule has 0 radical (unpaired) electrons. The number of rotatable bonds is 1. The third-order valence-corrected chi connectivity index (χ3v) is 1.07. The molecular formula is C8H8N2. The van der Waals surface area contributed by atoms with Gasteiger partial charge in [-0.05, 0) is 19.9 Å². The van der Waals surface area contributed by atoms with E-state index in [-0.39, 0.29) is 5.57 Å². The molecule has 0 aliphatic rings. The Morgan fingerprint density at radius 3 is 2.10 bits per heavy atom. The molecule has 0 N–H and O–H groups in total. The molecule has 0 heterocycles. The Hall–Kier alpha value is -1.54. The number of nitrogens with zero attached hydrogens (tertiary/aromatic N) is 2. The molecule has 2 nitrogen and oxygen atoms in total. The lowest BCUT2D eigenvalue weighted by molar-refractivity contribution is 1.42. The molecule has 0 rings (SSSR count). The molecule has 50 valence electrons. The van der Waals surface area contributed by atoms with Crippen molar-refractivity contribution in [2.45, 2.75) is 13.8 Å². The van der Waals surface area contributed by atoms with Crippen molar-refractivity contribution < 1.29 is 0 Å². The molecule has 0 atom stereocenters. The van der Waals surface area contributed by atoms with Crippen molar-refractivity contribution >= 4 is 0 Å². The first kappa shape index (κ1) is 8.46. The highest BCUT2D eigenvalue weighted by Crippen LogP contribution is 1.98. The van der Waals surface area contributed by atoms with Gasteiger partial charge in [0.25, 0.3) is 0 Å². The second-order valence-electron chi connectivity index (χ2n) is 1.81. The fourth-order valence-corrected chi connectivity index (χ4v) is 0.401. The molecule has 0 spiro atoms. The second-order valence-corrected chi connectivity index (χ2v) is 1.81. The lowest BCUT2D eigenvalue weighted by atomic mass is 10.2. The third kappa shape index (κ3) is 2.69. The van der Waals surface area contributed by atoms with Crippen LogP contribution in [0, 0.1) is 22.7 Å². The van der Waals surface area contributed by atoms with Crippen LogP contribution in [0.25, 0.3) is 0 Å². The zero-order valence-electron chi connectivity index (χ0n) is 6.05. The number of nitriles is 2. The van der Waals surface area contributed by atoms with Crippen molar-refractivity contribution in [3.05, 3.63) is 23.3 Å². The molecule has 0 saturated heterocycles. The minimum atomic E-state index is 0.149. The first-order chi connectivity index (χ1) is 4.74. The molecule has 10 heavy (non-hydrogen) atoms. The van der Waals surface area contributed by atoms with Crippen molar-refractivity contribution in [1.82, 2.24) is 0 Å². The summed E-state index contributed by atoms with van der Waals surface area (Å²) in [6, 6.07) is 3.55. The molecule has 0 aliphatic heterocycles. The maximum atomic E-state index is 8.30. The third-order valence-electron chi connectivity index (χ3n) is 1.07. The van der Waals surface area contributed by atoms with Crippen molar-refractivity contribution in [3.63, 3.8) is 0 Å². The minimum absolute atomic E-state index is 0.149. The second kappa shape index (κ2) is 4.35. The number of hydrogen-bond acceptors (Lipinski definition) is 2. The summed E-state index contributed by atoms with van der Waals surface area (Å²) in [5.41, 5.74) is 1.08. The summed E-state index contributed by atoms with van der Waals surface area (Å²) in [6.45, 7) is 3.70. The zero-order valence-corrected chi connectivity index (χ0v) is 6.05. The Kier molecular flexibility index (Phi) is 3.68. The molecule has 0 aromatic rings. The van der Waals surface area contributed by atoms with E-state index in [1.54, 1.807) is 18.2 Å². The molecule has 2 heteroatoms. The largest absolute Gasteiger partial charge is 0.192 e. The predicted octanol–water partition coefficient (Wildman–Crippen LogP) is 1.93. The minimum Gasteiger partial charge on any atom is -0.192 e. The molecule has 0 aromatic heterocycles. The van der Waals surface area contributed by atoms with Gasteiger partial charge in [-0.3, -0.25) is 0 Å². The van der Waals surface area contributed by atoms with Crippen molar-refractivity contribution in [1.29, 1.82) is 10.5 Å². The number of hydrogen-bond donors (Lipinski definition) is 0. The van der Waals surface area contributed by atoms with E-state index in [2.05, 4.69) is 0 Å². The lowest BCUT2D eigenvalue weighted by Crippen LogP contribution is -1.73. The summed E-state index contributed by atoms with van der Waals surface area (Å²) in [5.74, 6) is 0. The quantitative estimate of drug-likeness (QED) is 0.404. The summed E-state index contributed by atoms with van der Waals surface area (Å²) in [5, 5.41) is 16.6. The Balaban J connectivity index is 4.49. The van der Waals surface area contributed by atoms with Crippen LogP contribution in [-0.2, 0) is 0 Å². The molecule has 0 amide bonds. The van der Waals surface area contributed by atoms with Crippen LogP contribution in [0.15, 0.2) is 23.3 Å². The van der Waals surface area contributed by atoms with Crippen molar-refractivity contribution in [2.24, 2.45) is 0 Å². The van der Waals surface area contributed by atoms with Gasteiger partial charge in [-0.1, -0.05) is 11.6 Å². The zero-order chi connectivity index (χ0) is 7.98. The van der Waals surface area contributed by atoms with Crippen LogP contribution < -0.4 is 0 Å². The van der Waals surface area contributed by atoms with E-state index in [1.165, 1.54) is 0 Å². The molecule has 0 aromatic carbocycles. The van der Waals surface area contributed by atoms with Crippen molar-refractivity contribution in [3.8, 4) is 12.1 Å². The van der Waals surface area contributed by atoms with E-state index >= 15 is 0 Å². The topological polar surface area (TPSA) is 47.6 Å². The highest BCUT2D eigenvalue weighted by atomic mass is 14.3. The lowest BCUT2D eigenvalue weighted by Gasteiger charge is -1.84. The summed E-state index contributed by atoms with van der Waals surface area (Å²) in [6.07, 6.45) is 3.40. The van der Waals surface area contributed by atoms with Crippen LogP contribution >= 0.6 is 0 Å². The average Bonchev–Trinajstić information content (AvgIpc) is 1.99. The van der Waals surface area contributed by atoms with Crippen molar-refractivity contribution in [2.75, 3.05) is 0 Å². The first-order valence-corrected chi connectivity index (χ1v) is 2.89. The van der Waals surface area contributed by atoms with Gasteiger partial charge in [0.05, 0.1) is 0 Å². The summed E-state index contributed by atoms with van der Waals surface area (Å²) < 4.78 is 0. The van der Waals surface area contributed by atoms with E-state index in [4.69, 9.17) is 10.5 Å². The van der Waals surface area contributed by atoms with E-state index < -0.39 is 0 Å². The van der Waals surface area contributed by atoms with Gasteiger partial charge >= 0.3 is 0 Å². The van der Waals surface area contributed by atoms with E-state index in [9.17, 15) is 0 Å². The smallest absolute Gasteiger partial charge is 0.129 e. The Bertz CT molecular complexity index is 229. The Morgan fingerprint density at radius 1 is 1.30 bits per heavy atom. The fraction of sp³-hybridized carbons (Fsp3) is 0.250. The monoisotopic (exact) mass is 132 g/mol. The van der Waals surface area contributed by atoms with E-state index in [0.717, 1.165) is 5.57 Å². The number of allylic oxidation sites excluding steroid dienone is 4. The van der Waals surface area contributed by atoms with Gasteiger partial charge in [-0.2, -0.15) is 10.5 Å². The van der Waals surface area contributed by atoms with Gasteiger partial charge < -0.3 is 0 Å². The predicted molar refractivity (Wildman–Crippen MR) is 38.7 cm³/mol. The Labute approximate surface area is 60.7 Å². The SMILES string of the molecule is C/C=C(\C)C=C(C#N)C#N. The summed E-state index contributed by atoms with van der Waals surface area (Å²) in [7, 11) is 0. The maximum absolute atomic E-state index is 8.30. The van der Waals surface area contributed by atoms with E-state index in [0.29, 0.717) is 0 Å². The maximum Gasteiger partial charge on any atom is 0.129 e. The highest BCUT2D eigenvalue weighted by molar-refractivity contribution is 5.40. The van der Waals surface area contributed by atoms with Crippen LogP contribution in [0.4, 0.5) is 0 Å². The van der Waals surface area contributed by atoms with Crippen LogP contribution in [0.1, 0.15) is 13.8 Å². The molecule has 0 fully saturated rings. The van der Waals surface area contributed by atoms with Gasteiger partial charge in [-0.15, -0.1) is 0 Å². The van der Waals surface area contributed by atoms with Crippen LogP contribution in [0.3, 0.4) is 0 Å². The Morgan fingerprint density at radius 2 is 1.80 bits per heavy atom. The van der Waals surface area contributed by atoms with Crippen LogP contribution in [0.2, 0.25) is 0 Å². The molecule has 0 bridgehead atoms. The van der Waals surface area contributed by atoms with E-state index in [1.807, 2.05) is 19.9 Å². The van der Waals surface area contributed by atoms with Gasteiger partial charge in [0.1, 0.15) is 17.7 Å². The summed E-state index contributed by atoms with van der Waals surface area (Å²) >= 11 is 0. The standard InChI is InChI=1S/C8H8N2/c1-3-7(2)4-8(5-9)6-10/h3-4H,1-2H3/b7-3+. The first-order valence-electron chi connectivity index (χ1n) is 2.89.